The zero-order chi connectivity index (χ0) is 27.0. The molecule has 200 valence electrons. The van der Waals surface area contributed by atoms with Crippen molar-refractivity contribution in [1.82, 2.24) is 15.0 Å². The van der Waals surface area contributed by atoms with E-state index in [-0.39, 0.29) is 5.41 Å². The van der Waals surface area contributed by atoms with E-state index < -0.39 is 0 Å². The van der Waals surface area contributed by atoms with Crippen LogP contribution in [0.2, 0.25) is 0 Å². The molecular weight excluding hydrogens is 486 g/mol. The van der Waals surface area contributed by atoms with E-state index in [1.54, 1.807) is 13.4 Å². The molecule has 1 saturated heterocycles. The van der Waals surface area contributed by atoms with Gasteiger partial charge in [-0.25, -0.2) is 15.0 Å². The molecule has 6 rings (SSSR count). The van der Waals surface area contributed by atoms with Gasteiger partial charge in [0, 0.05) is 60.6 Å². The molecule has 3 aliphatic rings. The normalized spacial score (nSPS) is 18.1. The zero-order valence-electron chi connectivity index (χ0n) is 23.2. The minimum atomic E-state index is 0.0801. The van der Waals surface area contributed by atoms with E-state index in [2.05, 4.69) is 65.1 Å². The summed E-state index contributed by atoms with van der Waals surface area (Å²) in [5, 5.41) is 0. The first-order valence-electron chi connectivity index (χ1n) is 13.8. The van der Waals surface area contributed by atoms with Crippen molar-refractivity contribution < 1.29 is 9.47 Å². The third-order valence-corrected chi connectivity index (χ3v) is 8.40. The van der Waals surface area contributed by atoms with Gasteiger partial charge >= 0.3 is 0 Å². The smallest absolute Gasteiger partial charge is 0.212 e. The second kappa shape index (κ2) is 10.3. The molecule has 1 aromatic carbocycles. The quantitative estimate of drug-likeness (QED) is 0.366. The van der Waals surface area contributed by atoms with E-state index in [4.69, 9.17) is 19.5 Å². The molecule has 2 aromatic heterocycles. The van der Waals surface area contributed by atoms with Gasteiger partial charge in [-0.2, -0.15) is 0 Å². The Hall–Kier alpha value is -4.00. The molecule has 7 heteroatoms. The lowest BCUT2D eigenvalue weighted by molar-refractivity contribution is 0.340. The number of hydrogen-bond donors (Lipinski definition) is 0. The summed E-state index contributed by atoms with van der Waals surface area (Å²) in [7, 11) is 1.63. The van der Waals surface area contributed by atoms with Gasteiger partial charge in [0.25, 0.3) is 0 Å². The molecule has 0 spiro atoms. The molecule has 1 fully saturated rings. The van der Waals surface area contributed by atoms with Gasteiger partial charge in [0.15, 0.2) is 0 Å². The molecule has 0 N–H and O–H groups in total. The lowest BCUT2D eigenvalue weighted by Crippen LogP contribution is -2.43. The second-order valence-corrected chi connectivity index (χ2v) is 10.8. The summed E-state index contributed by atoms with van der Waals surface area (Å²) in [6.45, 7) is 9.11. The van der Waals surface area contributed by atoms with E-state index in [0.717, 1.165) is 72.9 Å². The average molecular weight is 522 g/mol. The number of piperidine rings is 1. The molecule has 0 unspecified atom stereocenters. The predicted molar refractivity (Wildman–Crippen MR) is 156 cm³/mol. The van der Waals surface area contributed by atoms with E-state index in [0.29, 0.717) is 12.5 Å². The van der Waals surface area contributed by atoms with Crippen LogP contribution in [0.5, 0.6) is 11.6 Å². The van der Waals surface area contributed by atoms with Crippen molar-refractivity contribution in [3.05, 3.63) is 77.0 Å². The van der Waals surface area contributed by atoms with Crippen LogP contribution in [-0.4, -0.2) is 47.5 Å². The SMILES string of the molecule is CCOc1ccc(C2=C(C)N=C(C3(C)CCN(c4ncnc5c4C=C(c4ccc(OC)nc4)C5)CC3)C2)cc1. The van der Waals surface area contributed by atoms with Gasteiger partial charge in [0.2, 0.25) is 5.88 Å². The molecule has 2 aliphatic heterocycles. The van der Waals surface area contributed by atoms with Crippen LogP contribution >= 0.6 is 0 Å². The van der Waals surface area contributed by atoms with Crippen molar-refractivity contribution >= 4 is 28.8 Å². The third-order valence-electron chi connectivity index (χ3n) is 8.40. The Balaban J connectivity index is 1.15. The fraction of sp³-hybridized carbons (Fsp3) is 0.375. The molecular formula is C32H35N5O2. The van der Waals surface area contributed by atoms with Crippen LogP contribution in [0.3, 0.4) is 0 Å². The van der Waals surface area contributed by atoms with E-state index in [1.807, 2.05) is 19.2 Å². The van der Waals surface area contributed by atoms with Gasteiger partial charge in [-0.3, -0.25) is 4.99 Å². The van der Waals surface area contributed by atoms with Crippen molar-refractivity contribution in [2.24, 2.45) is 10.4 Å². The van der Waals surface area contributed by atoms with Crippen LogP contribution < -0.4 is 14.4 Å². The van der Waals surface area contributed by atoms with Gasteiger partial charge < -0.3 is 14.4 Å². The number of aromatic nitrogens is 3. The van der Waals surface area contributed by atoms with E-state index in [1.165, 1.54) is 22.4 Å². The summed E-state index contributed by atoms with van der Waals surface area (Å²) in [4.78, 5) is 21.3. The molecule has 3 aromatic rings. The number of benzene rings is 1. The van der Waals surface area contributed by atoms with Crippen molar-refractivity contribution in [3.8, 4) is 11.6 Å². The minimum Gasteiger partial charge on any atom is -0.494 e. The molecule has 0 saturated carbocycles. The highest BCUT2D eigenvalue weighted by Gasteiger charge is 2.38. The van der Waals surface area contributed by atoms with Crippen molar-refractivity contribution in [1.29, 1.82) is 0 Å². The molecule has 0 bridgehead atoms. The highest BCUT2D eigenvalue weighted by Crippen LogP contribution is 2.43. The maximum atomic E-state index is 5.62. The van der Waals surface area contributed by atoms with Crippen LogP contribution in [-0.2, 0) is 6.42 Å². The molecule has 0 atom stereocenters. The van der Waals surface area contributed by atoms with Gasteiger partial charge in [-0.05, 0) is 73.2 Å². The van der Waals surface area contributed by atoms with Crippen LogP contribution in [0.4, 0.5) is 5.82 Å². The first-order chi connectivity index (χ1) is 19.0. The van der Waals surface area contributed by atoms with Crippen LogP contribution in [0.1, 0.15) is 62.4 Å². The van der Waals surface area contributed by atoms with Crippen LogP contribution in [0.25, 0.3) is 17.2 Å². The van der Waals surface area contributed by atoms with Crippen LogP contribution in [0.15, 0.2) is 59.6 Å². The standard InChI is InChI=1S/C32H35N5O2/c1-5-39-25-9-6-22(7-10-25)26-18-29(36-21(26)2)32(3)12-14-37(15-13-32)31-27-16-24(17-28(27)34-20-35-31)23-8-11-30(38-4)33-19-23/h6-11,16,19-20H,5,12-15,17-18H2,1-4H3. The maximum absolute atomic E-state index is 5.62. The van der Waals surface area contributed by atoms with Gasteiger partial charge in [0.1, 0.15) is 17.9 Å². The maximum Gasteiger partial charge on any atom is 0.212 e. The summed E-state index contributed by atoms with van der Waals surface area (Å²) >= 11 is 0. The molecule has 0 amide bonds. The Morgan fingerprint density at radius 3 is 2.41 bits per heavy atom. The molecule has 4 heterocycles. The number of allylic oxidation sites excluding steroid dienone is 3. The first-order valence-corrected chi connectivity index (χ1v) is 13.8. The summed E-state index contributed by atoms with van der Waals surface area (Å²) in [5.74, 6) is 2.57. The second-order valence-electron chi connectivity index (χ2n) is 10.8. The number of ether oxygens (including phenoxy) is 2. The number of anilines is 1. The number of aliphatic imine (C=N–C) groups is 1. The number of pyridine rings is 1. The highest BCUT2D eigenvalue weighted by atomic mass is 16.5. The molecule has 39 heavy (non-hydrogen) atoms. The Labute approximate surface area is 230 Å². The van der Waals surface area contributed by atoms with Crippen molar-refractivity contribution in [3.63, 3.8) is 0 Å². The fourth-order valence-electron chi connectivity index (χ4n) is 5.93. The highest BCUT2D eigenvalue weighted by molar-refractivity contribution is 6.03. The summed E-state index contributed by atoms with van der Waals surface area (Å²) in [6.07, 6.45) is 9.63. The summed E-state index contributed by atoms with van der Waals surface area (Å²) < 4.78 is 10.8. The topological polar surface area (TPSA) is 72.7 Å². The average Bonchev–Trinajstić information content (AvgIpc) is 3.58. The number of nitrogens with zero attached hydrogens (tertiary/aromatic N) is 5. The minimum absolute atomic E-state index is 0.0801. The zero-order valence-corrected chi connectivity index (χ0v) is 23.2. The van der Waals surface area contributed by atoms with Gasteiger partial charge in [0.05, 0.1) is 19.4 Å². The molecule has 1 aliphatic carbocycles. The monoisotopic (exact) mass is 521 g/mol. The number of fused-ring (bicyclic) bond motifs is 1. The Morgan fingerprint density at radius 1 is 0.949 bits per heavy atom. The lowest BCUT2D eigenvalue weighted by atomic mass is 9.74. The number of methoxy groups -OCH3 is 1. The summed E-state index contributed by atoms with van der Waals surface area (Å²) in [6, 6.07) is 12.4. The molecule has 0 radical (unpaired) electrons. The van der Waals surface area contributed by atoms with Gasteiger partial charge in [-0.1, -0.05) is 19.1 Å². The van der Waals surface area contributed by atoms with Crippen molar-refractivity contribution in [2.45, 2.75) is 46.5 Å². The van der Waals surface area contributed by atoms with E-state index in [9.17, 15) is 0 Å². The predicted octanol–water partition coefficient (Wildman–Crippen LogP) is 6.26. The fourth-order valence-corrected chi connectivity index (χ4v) is 5.93. The van der Waals surface area contributed by atoms with E-state index >= 15 is 0 Å². The van der Waals surface area contributed by atoms with Crippen molar-refractivity contribution in [2.75, 3.05) is 31.7 Å². The number of rotatable bonds is 7. The lowest BCUT2D eigenvalue weighted by Gasteiger charge is -2.40. The Bertz CT molecular complexity index is 1460. The first kappa shape index (κ1) is 25.3. The molecule has 7 nitrogen and oxygen atoms in total. The Morgan fingerprint density at radius 2 is 1.72 bits per heavy atom. The largest absolute Gasteiger partial charge is 0.494 e. The third kappa shape index (κ3) is 4.82. The number of hydrogen-bond acceptors (Lipinski definition) is 7. The van der Waals surface area contributed by atoms with Crippen LogP contribution in [0, 0.1) is 5.41 Å². The van der Waals surface area contributed by atoms with Gasteiger partial charge in [-0.15, -0.1) is 0 Å². The Kier molecular flexibility index (Phi) is 6.67. The summed E-state index contributed by atoms with van der Waals surface area (Å²) in [5.41, 5.74) is 9.63.